The van der Waals surface area contributed by atoms with Crippen LogP contribution in [0.5, 0.6) is 0 Å². The van der Waals surface area contributed by atoms with Crippen molar-refractivity contribution < 1.29 is 14.9 Å². The van der Waals surface area contributed by atoms with Crippen LogP contribution in [0.4, 0.5) is 0 Å². The van der Waals surface area contributed by atoms with Gasteiger partial charge in [0.1, 0.15) is 6.10 Å². The Morgan fingerprint density at radius 3 is 2.55 bits per heavy atom. The molecule has 2 rings (SSSR count). The smallest absolute Gasteiger partial charge is 0.103 e. The van der Waals surface area contributed by atoms with Crippen LogP contribution >= 0.6 is 23.5 Å². The summed E-state index contributed by atoms with van der Waals surface area (Å²) in [5.41, 5.74) is 1.09. The third kappa shape index (κ3) is 5.30. The van der Waals surface area contributed by atoms with Crippen molar-refractivity contribution in [2.75, 3.05) is 18.1 Å². The predicted octanol–water partition coefficient (Wildman–Crippen LogP) is 2.51. The van der Waals surface area contributed by atoms with Gasteiger partial charge in [0.25, 0.3) is 0 Å². The first-order valence-corrected chi connectivity index (χ1v) is 9.07. The largest absolute Gasteiger partial charge is 0.394 e. The van der Waals surface area contributed by atoms with Crippen LogP contribution in [0.15, 0.2) is 30.3 Å². The van der Waals surface area contributed by atoms with Gasteiger partial charge >= 0.3 is 0 Å². The third-order valence-electron chi connectivity index (χ3n) is 3.24. The van der Waals surface area contributed by atoms with Crippen molar-refractivity contribution >= 4 is 23.5 Å². The Balaban J connectivity index is 1.86. The zero-order valence-electron chi connectivity index (χ0n) is 11.5. The molecule has 3 nitrogen and oxygen atoms in total. The van der Waals surface area contributed by atoms with Gasteiger partial charge in [-0.2, -0.15) is 0 Å². The SMILES string of the molecule is OC[C@H](O)[C@H](CC1SCCCS1)OCc1ccccc1. The van der Waals surface area contributed by atoms with E-state index in [-0.39, 0.29) is 12.7 Å². The van der Waals surface area contributed by atoms with Crippen LogP contribution in [0.2, 0.25) is 0 Å². The number of hydrogen-bond donors (Lipinski definition) is 2. The molecule has 1 fully saturated rings. The first kappa shape index (κ1) is 16.2. The molecule has 20 heavy (non-hydrogen) atoms. The summed E-state index contributed by atoms with van der Waals surface area (Å²) in [5.74, 6) is 2.36. The van der Waals surface area contributed by atoms with E-state index in [0.29, 0.717) is 11.2 Å². The van der Waals surface area contributed by atoms with Crippen LogP contribution in [0.25, 0.3) is 0 Å². The molecule has 0 aliphatic carbocycles. The molecule has 2 atom stereocenters. The predicted molar refractivity (Wildman–Crippen MR) is 86.0 cm³/mol. The van der Waals surface area contributed by atoms with Crippen LogP contribution < -0.4 is 0 Å². The lowest BCUT2D eigenvalue weighted by molar-refractivity contribution is -0.0663. The zero-order chi connectivity index (χ0) is 14.2. The summed E-state index contributed by atoms with van der Waals surface area (Å²) >= 11 is 3.86. The molecule has 5 heteroatoms. The van der Waals surface area contributed by atoms with E-state index >= 15 is 0 Å². The van der Waals surface area contributed by atoms with Gasteiger partial charge in [0, 0.05) is 0 Å². The van der Waals surface area contributed by atoms with Gasteiger partial charge in [0.2, 0.25) is 0 Å². The molecule has 112 valence electrons. The Morgan fingerprint density at radius 2 is 1.90 bits per heavy atom. The molecule has 1 aliphatic rings. The summed E-state index contributed by atoms with van der Waals surface area (Å²) in [5, 5.41) is 19.1. The van der Waals surface area contributed by atoms with E-state index in [9.17, 15) is 10.2 Å². The Hall–Kier alpha value is -0.200. The van der Waals surface area contributed by atoms with Gasteiger partial charge in [0.05, 0.1) is 23.9 Å². The van der Waals surface area contributed by atoms with Gasteiger partial charge in [-0.25, -0.2) is 0 Å². The van der Waals surface area contributed by atoms with E-state index in [1.807, 2.05) is 53.9 Å². The maximum Gasteiger partial charge on any atom is 0.103 e. The van der Waals surface area contributed by atoms with Gasteiger partial charge in [-0.05, 0) is 29.9 Å². The van der Waals surface area contributed by atoms with Gasteiger partial charge in [-0.15, -0.1) is 23.5 Å². The molecule has 0 radical (unpaired) electrons. The van der Waals surface area contributed by atoms with Crippen molar-refractivity contribution in [3.8, 4) is 0 Å². The minimum absolute atomic E-state index is 0.249. The Labute approximate surface area is 129 Å². The lowest BCUT2D eigenvalue weighted by Gasteiger charge is -2.28. The summed E-state index contributed by atoms with van der Waals surface area (Å²) in [7, 11) is 0. The van der Waals surface area contributed by atoms with Crippen molar-refractivity contribution in [1.29, 1.82) is 0 Å². The number of ether oxygens (including phenoxy) is 1. The Bertz CT molecular complexity index is 369. The van der Waals surface area contributed by atoms with Crippen LogP contribution in [-0.4, -0.2) is 45.1 Å². The van der Waals surface area contributed by atoms with Gasteiger partial charge in [-0.3, -0.25) is 0 Å². The number of rotatable bonds is 7. The number of hydrogen-bond acceptors (Lipinski definition) is 5. The summed E-state index contributed by atoms with van der Waals surface area (Å²) < 4.78 is 6.31. The molecular weight excluding hydrogens is 292 g/mol. The van der Waals surface area contributed by atoms with Crippen molar-refractivity contribution in [1.82, 2.24) is 0 Å². The average Bonchev–Trinajstić information content (AvgIpc) is 2.52. The summed E-state index contributed by atoms with van der Waals surface area (Å²) in [4.78, 5) is 0. The van der Waals surface area contributed by atoms with E-state index in [2.05, 4.69) is 0 Å². The Morgan fingerprint density at radius 1 is 1.20 bits per heavy atom. The highest BCUT2D eigenvalue weighted by Crippen LogP contribution is 2.34. The second-order valence-corrected chi connectivity index (χ2v) is 7.77. The third-order valence-corrected chi connectivity index (χ3v) is 6.24. The van der Waals surface area contributed by atoms with Crippen molar-refractivity contribution in [2.45, 2.75) is 36.2 Å². The van der Waals surface area contributed by atoms with Crippen LogP contribution in [0.3, 0.4) is 0 Å². The van der Waals surface area contributed by atoms with E-state index < -0.39 is 6.10 Å². The molecular formula is C15H22O3S2. The fourth-order valence-corrected chi connectivity index (χ4v) is 5.04. The number of benzene rings is 1. The fourth-order valence-electron chi connectivity index (χ4n) is 2.09. The van der Waals surface area contributed by atoms with E-state index in [1.54, 1.807) is 0 Å². The topological polar surface area (TPSA) is 49.7 Å². The number of thioether (sulfide) groups is 2. The van der Waals surface area contributed by atoms with E-state index in [4.69, 9.17) is 4.74 Å². The molecule has 1 saturated heterocycles. The lowest BCUT2D eigenvalue weighted by Crippen LogP contribution is -2.34. The van der Waals surface area contributed by atoms with Gasteiger partial charge in [-0.1, -0.05) is 30.3 Å². The highest BCUT2D eigenvalue weighted by atomic mass is 32.2. The van der Waals surface area contributed by atoms with E-state index in [1.165, 1.54) is 17.9 Å². The maximum absolute atomic E-state index is 9.93. The lowest BCUT2D eigenvalue weighted by atomic mass is 10.1. The molecule has 0 unspecified atom stereocenters. The summed E-state index contributed by atoms with van der Waals surface area (Å²) in [6.07, 6.45) is 0.929. The molecule has 0 amide bonds. The van der Waals surface area contributed by atoms with Gasteiger partial charge in [0.15, 0.2) is 0 Å². The number of aliphatic hydroxyl groups is 2. The highest BCUT2D eigenvalue weighted by molar-refractivity contribution is 8.17. The maximum atomic E-state index is 9.93. The van der Waals surface area contributed by atoms with Crippen LogP contribution in [-0.2, 0) is 11.3 Å². The standard InChI is InChI=1S/C15H22O3S2/c16-10-13(17)14(9-15-19-7-4-8-20-15)18-11-12-5-2-1-3-6-12/h1-3,5-6,13-17H,4,7-11H2/t13-,14-/m0/s1. The molecule has 0 bridgehead atoms. The highest BCUT2D eigenvalue weighted by Gasteiger charge is 2.25. The van der Waals surface area contributed by atoms with Crippen LogP contribution in [0, 0.1) is 0 Å². The molecule has 1 aromatic rings. The van der Waals surface area contributed by atoms with E-state index in [0.717, 1.165) is 12.0 Å². The number of aliphatic hydroxyl groups excluding tert-OH is 2. The average molecular weight is 314 g/mol. The molecule has 2 N–H and O–H groups in total. The van der Waals surface area contributed by atoms with Crippen molar-refractivity contribution in [3.05, 3.63) is 35.9 Å². The summed E-state index contributed by atoms with van der Waals surface area (Å²) in [6.45, 7) is 0.228. The minimum Gasteiger partial charge on any atom is -0.394 e. The quantitative estimate of drug-likeness (QED) is 0.810. The summed E-state index contributed by atoms with van der Waals surface area (Å²) in [6, 6.07) is 9.93. The van der Waals surface area contributed by atoms with Crippen molar-refractivity contribution in [2.24, 2.45) is 0 Å². The minimum atomic E-state index is -0.804. The monoisotopic (exact) mass is 314 g/mol. The first-order valence-electron chi connectivity index (χ1n) is 6.97. The zero-order valence-corrected chi connectivity index (χ0v) is 13.1. The molecule has 0 spiro atoms. The van der Waals surface area contributed by atoms with Gasteiger partial charge < -0.3 is 14.9 Å². The first-order chi connectivity index (χ1) is 9.79. The normalized spacial score (nSPS) is 19.7. The molecule has 1 heterocycles. The fraction of sp³-hybridized carbons (Fsp3) is 0.600. The molecule has 1 aliphatic heterocycles. The van der Waals surface area contributed by atoms with Crippen molar-refractivity contribution in [3.63, 3.8) is 0 Å². The molecule has 0 aromatic heterocycles. The van der Waals surface area contributed by atoms with Crippen LogP contribution in [0.1, 0.15) is 18.4 Å². The molecule has 1 aromatic carbocycles. The second-order valence-electron chi connectivity index (χ2n) is 4.85. The second kappa shape index (κ2) is 8.95. The Kier molecular flexibility index (Phi) is 7.24. The molecule has 0 saturated carbocycles.